The number of carbonyl (C=O) groups is 1. The van der Waals surface area contributed by atoms with E-state index in [9.17, 15) is 9.18 Å². The summed E-state index contributed by atoms with van der Waals surface area (Å²) in [4.78, 5) is 18.4. The Hall–Kier alpha value is -2.45. The smallest absolute Gasteiger partial charge is 0.234 e. The van der Waals surface area contributed by atoms with Crippen molar-refractivity contribution < 1.29 is 13.9 Å². The van der Waals surface area contributed by atoms with Gasteiger partial charge in [-0.2, -0.15) is 0 Å². The molecule has 1 saturated heterocycles. The number of amides is 1. The summed E-state index contributed by atoms with van der Waals surface area (Å²) in [5, 5.41) is 5.73. The zero-order valence-electron chi connectivity index (χ0n) is 18.3. The van der Waals surface area contributed by atoms with Crippen LogP contribution in [-0.4, -0.2) is 61.6 Å². The second-order valence-corrected chi connectivity index (χ2v) is 9.35. The maximum Gasteiger partial charge on any atom is 0.234 e. The standard InChI is InChI=1S/C25H27ClFN3O2S/c26-21-4-1-2-5-22(21)32-16-15-29-11-13-30(14-12-29)18-24(31)28-25(23-6-3-17-33-23)19-7-9-20(27)10-8-19/h1-10,17,25H,11-16,18H2,(H,28,31). The van der Waals surface area contributed by atoms with Gasteiger partial charge in [0.15, 0.2) is 0 Å². The fourth-order valence-corrected chi connectivity index (χ4v) is 4.85. The molecule has 1 aromatic heterocycles. The van der Waals surface area contributed by atoms with Crippen molar-refractivity contribution in [3.05, 3.63) is 87.3 Å². The SMILES string of the molecule is O=C(CN1CCN(CCOc2ccccc2Cl)CC1)NC(c1ccc(F)cc1)c1cccs1. The number of carbonyl (C=O) groups excluding carboxylic acids is 1. The molecule has 1 aliphatic heterocycles. The van der Waals surface area contributed by atoms with Gasteiger partial charge < -0.3 is 10.1 Å². The monoisotopic (exact) mass is 487 g/mol. The molecule has 1 atom stereocenters. The summed E-state index contributed by atoms with van der Waals surface area (Å²) in [6.45, 7) is 5.13. The Morgan fingerprint density at radius 3 is 2.45 bits per heavy atom. The molecule has 1 amide bonds. The highest BCUT2D eigenvalue weighted by atomic mass is 35.5. The van der Waals surface area contributed by atoms with Gasteiger partial charge in [0.2, 0.25) is 5.91 Å². The third-order valence-corrected chi connectivity index (χ3v) is 6.92. The number of nitrogens with zero attached hydrogens (tertiary/aromatic N) is 2. The number of benzene rings is 2. The number of halogens is 2. The lowest BCUT2D eigenvalue weighted by molar-refractivity contribution is -0.123. The Morgan fingerprint density at radius 2 is 1.76 bits per heavy atom. The Kier molecular flexibility index (Phi) is 8.34. The molecular formula is C25H27ClFN3O2S. The van der Waals surface area contributed by atoms with Gasteiger partial charge in [-0.1, -0.05) is 41.9 Å². The highest BCUT2D eigenvalue weighted by Gasteiger charge is 2.22. The second-order valence-electron chi connectivity index (χ2n) is 7.96. The van der Waals surface area contributed by atoms with Crippen molar-refractivity contribution in [1.29, 1.82) is 0 Å². The summed E-state index contributed by atoms with van der Waals surface area (Å²) in [6.07, 6.45) is 0. The van der Waals surface area contributed by atoms with Crippen LogP contribution in [0.4, 0.5) is 4.39 Å². The van der Waals surface area contributed by atoms with Gasteiger partial charge in [0, 0.05) is 37.6 Å². The van der Waals surface area contributed by atoms with Crippen LogP contribution in [0.3, 0.4) is 0 Å². The third-order valence-electron chi connectivity index (χ3n) is 5.67. The van der Waals surface area contributed by atoms with Crippen molar-refractivity contribution in [2.75, 3.05) is 45.9 Å². The van der Waals surface area contributed by atoms with Gasteiger partial charge in [-0.05, 0) is 41.3 Å². The van der Waals surface area contributed by atoms with Crippen molar-refractivity contribution in [2.45, 2.75) is 6.04 Å². The molecule has 3 aromatic rings. The fraction of sp³-hybridized carbons (Fsp3) is 0.320. The van der Waals surface area contributed by atoms with E-state index in [2.05, 4.69) is 15.1 Å². The first kappa shape index (κ1) is 23.7. The number of hydrogen-bond donors (Lipinski definition) is 1. The van der Waals surface area contributed by atoms with Gasteiger partial charge in [0.05, 0.1) is 17.6 Å². The van der Waals surface area contributed by atoms with Crippen molar-refractivity contribution in [3.63, 3.8) is 0 Å². The van der Waals surface area contributed by atoms with Gasteiger partial charge in [-0.3, -0.25) is 14.6 Å². The van der Waals surface area contributed by atoms with Crippen LogP contribution in [0, 0.1) is 5.82 Å². The van der Waals surface area contributed by atoms with Crippen LogP contribution in [-0.2, 0) is 4.79 Å². The van der Waals surface area contributed by atoms with E-state index in [4.69, 9.17) is 16.3 Å². The maximum atomic E-state index is 13.4. The fourth-order valence-electron chi connectivity index (χ4n) is 3.86. The van der Waals surface area contributed by atoms with Gasteiger partial charge in [0.1, 0.15) is 18.2 Å². The largest absolute Gasteiger partial charge is 0.491 e. The topological polar surface area (TPSA) is 44.8 Å². The first-order chi connectivity index (χ1) is 16.1. The Bertz CT molecular complexity index is 1020. The lowest BCUT2D eigenvalue weighted by atomic mass is 10.1. The summed E-state index contributed by atoms with van der Waals surface area (Å²) in [7, 11) is 0. The van der Waals surface area contributed by atoms with Crippen LogP contribution >= 0.6 is 22.9 Å². The highest BCUT2D eigenvalue weighted by Crippen LogP contribution is 2.26. The quantitative estimate of drug-likeness (QED) is 0.484. The normalized spacial score (nSPS) is 15.8. The van der Waals surface area contributed by atoms with Gasteiger partial charge >= 0.3 is 0 Å². The van der Waals surface area contributed by atoms with E-state index in [1.165, 1.54) is 12.1 Å². The molecule has 0 bridgehead atoms. The molecule has 1 unspecified atom stereocenters. The molecule has 0 spiro atoms. The molecule has 1 aliphatic rings. The molecule has 8 heteroatoms. The molecule has 4 rings (SSSR count). The van der Waals surface area contributed by atoms with Crippen LogP contribution < -0.4 is 10.1 Å². The summed E-state index contributed by atoms with van der Waals surface area (Å²) in [6, 6.07) is 17.5. The van der Waals surface area contributed by atoms with Gasteiger partial charge in [0.25, 0.3) is 0 Å². The molecule has 0 radical (unpaired) electrons. The van der Waals surface area contributed by atoms with E-state index in [-0.39, 0.29) is 17.8 Å². The van der Waals surface area contributed by atoms with E-state index >= 15 is 0 Å². The van der Waals surface area contributed by atoms with Crippen molar-refractivity contribution in [1.82, 2.24) is 15.1 Å². The molecule has 1 fully saturated rings. The highest BCUT2D eigenvalue weighted by molar-refractivity contribution is 7.10. The third kappa shape index (κ3) is 6.77. The summed E-state index contributed by atoms with van der Waals surface area (Å²) in [5.41, 5.74) is 0.871. The molecule has 0 aliphatic carbocycles. The molecule has 2 heterocycles. The summed E-state index contributed by atoms with van der Waals surface area (Å²) < 4.78 is 19.2. The molecule has 0 saturated carbocycles. The van der Waals surface area contributed by atoms with Crippen molar-refractivity contribution in [3.8, 4) is 5.75 Å². The Balaban J connectivity index is 1.23. The number of piperazine rings is 1. The van der Waals surface area contributed by atoms with Crippen molar-refractivity contribution >= 4 is 28.8 Å². The molecule has 2 aromatic carbocycles. The molecular weight excluding hydrogens is 461 g/mol. The minimum absolute atomic E-state index is 0.0340. The lowest BCUT2D eigenvalue weighted by Crippen LogP contribution is -2.50. The summed E-state index contributed by atoms with van der Waals surface area (Å²) in [5.74, 6) is 0.384. The first-order valence-corrected chi connectivity index (χ1v) is 12.2. The minimum atomic E-state index is -0.287. The van der Waals surface area contributed by atoms with Gasteiger partial charge in [-0.25, -0.2) is 4.39 Å². The van der Waals surface area contributed by atoms with Crippen LogP contribution in [0.25, 0.3) is 0 Å². The maximum absolute atomic E-state index is 13.4. The summed E-state index contributed by atoms with van der Waals surface area (Å²) >= 11 is 7.71. The molecule has 1 N–H and O–H groups in total. The zero-order chi connectivity index (χ0) is 23.0. The van der Waals surface area contributed by atoms with Gasteiger partial charge in [-0.15, -0.1) is 11.3 Å². The number of nitrogens with one attached hydrogen (secondary N) is 1. The van der Waals surface area contributed by atoms with Crippen LogP contribution in [0.5, 0.6) is 5.75 Å². The predicted octanol–water partition coefficient (Wildman–Crippen LogP) is 4.44. The first-order valence-electron chi connectivity index (χ1n) is 11.0. The average molecular weight is 488 g/mol. The van der Waals surface area contributed by atoms with E-state index < -0.39 is 0 Å². The second kappa shape index (κ2) is 11.6. The number of ether oxygens (including phenoxy) is 1. The minimum Gasteiger partial charge on any atom is -0.491 e. The number of hydrogen-bond acceptors (Lipinski definition) is 5. The van der Waals surface area contributed by atoms with E-state index in [0.29, 0.717) is 23.9 Å². The van der Waals surface area contributed by atoms with Crippen molar-refractivity contribution in [2.24, 2.45) is 0 Å². The number of rotatable bonds is 9. The number of thiophene rings is 1. The lowest BCUT2D eigenvalue weighted by Gasteiger charge is -2.34. The molecule has 33 heavy (non-hydrogen) atoms. The Morgan fingerprint density at radius 1 is 1.03 bits per heavy atom. The number of para-hydroxylation sites is 1. The van der Waals surface area contributed by atoms with Crippen LogP contribution in [0.1, 0.15) is 16.5 Å². The Labute approximate surface area is 202 Å². The van der Waals surface area contributed by atoms with Crippen LogP contribution in [0.2, 0.25) is 5.02 Å². The van der Waals surface area contributed by atoms with E-state index in [1.54, 1.807) is 23.5 Å². The molecule has 174 valence electrons. The zero-order valence-corrected chi connectivity index (χ0v) is 19.8. The van der Waals surface area contributed by atoms with E-state index in [1.807, 2.05) is 41.8 Å². The van der Waals surface area contributed by atoms with E-state index in [0.717, 1.165) is 43.2 Å². The average Bonchev–Trinajstić information content (AvgIpc) is 3.35. The molecule has 5 nitrogen and oxygen atoms in total. The predicted molar refractivity (Wildman–Crippen MR) is 131 cm³/mol. The van der Waals surface area contributed by atoms with Crippen LogP contribution in [0.15, 0.2) is 66.0 Å².